The molecule has 0 aliphatic carbocycles. The van der Waals surface area contributed by atoms with Gasteiger partial charge in [0.15, 0.2) is 0 Å². The largest absolute Gasteiger partial charge is 0.397 e. The van der Waals surface area contributed by atoms with E-state index in [2.05, 4.69) is 4.98 Å². The molecule has 0 saturated heterocycles. The number of fused-ring (bicyclic) bond motifs is 1. The third-order valence-electron chi connectivity index (χ3n) is 3.32. The minimum absolute atomic E-state index is 0.302. The highest BCUT2D eigenvalue weighted by Gasteiger charge is 2.15. The van der Waals surface area contributed by atoms with Crippen LogP contribution in [0.1, 0.15) is 6.92 Å². The molecular weight excluding hydrogens is 277 g/mol. The zero-order valence-corrected chi connectivity index (χ0v) is 11.7. The van der Waals surface area contributed by atoms with Crippen molar-refractivity contribution in [2.24, 2.45) is 0 Å². The third kappa shape index (κ3) is 1.93. The molecule has 0 saturated carbocycles. The van der Waals surface area contributed by atoms with E-state index in [0.717, 1.165) is 11.1 Å². The molecule has 0 fully saturated rings. The topological polar surface area (TPSA) is 43.8 Å². The molecule has 102 valence electrons. The summed E-state index contributed by atoms with van der Waals surface area (Å²) in [7, 11) is 0. The first-order valence-electron chi connectivity index (χ1n) is 6.32. The molecule has 1 heterocycles. The summed E-state index contributed by atoms with van der Waals surface area (Å²) in [6.45, 7) is 2.72. The highest BCUT2D eigenvalue weighted by atomic mass is 35.5. The number of aromatic nitrogens is 2. The van der Waals surface area contributed by atoms with Gasteiger partial charge in [-0.15, -0.1) is 0 Å². The maximum absolute atomic E-state index is 13.3. The van der Waals surface area contributed by atoms with Crippen LogP contribution in [0, 0.1) is 5.82 Å². The first-order valence-corrected chi connectivity index (χ1v) is 6.69. The van der Waals surface area contributed by atoms with Crippen molar-refractivity contribution in [2.45, 2.75) is 13.5 Å². The van der Waals surface area contributed by atoms with Gasteiger partial charge in [-0.1, -0.05) is 17.7 Å². The van der Waals surface area contributed by atoms with Crippen molar-refractivity contribution in [2.75, 3.05) is 5.73 Å². The summed E-state index contributed by atoms with van der Waals surface area (Å²) in [6.07, 6.45) is 0. The number of hydrogen-bond donors (Lipinski definition) is 1. The lowest BCUT2D eigenvalue weighted by atomic mass is 10.1. The zero-order chi connectivity index (χ0) is 14.3. The highest BCUT2D eigenvalue weighted by molar-refractivity contribution is 6.33. The van der Waals surface area contributed by atoms with Gasteiger partial charge >= 0.3 is 0 Å². The van der Waals surface area contributed by atoms with Crippen molar-refractivity contribution in [3.8, 4) is 11.4 Å². The average Bonchev–Trinajstić information content (AvgIpc) is 2.79. The zero-order valence-electron chi connectivity index (χ0n) is 10.9. The molecule has 2 aromatic carbocycles. The second-order valence-corrected chi connectivity index (χ2v) is 4.92. The van der Waals surface area contributed by atoms with Crippen molar-refractivity contribution in [1.82, 2.24) is 9.55 Å². The Balaban J connectivity index is 2.33. The molecule has 0 bridgehead atoms. The van der Waals surface area contributed by atoms with Crippen molar-refractivity contribution >= 4 is 28.3 Å². The monoisotopic (exact) mass is 289 g/mol. The molecule has 0 atom stereocenters. The summed E-state index contributed by atoms with van der Waals surface area (Å²) in [4.78, 5) is 4.50. The molecule has 0 spiro atoms. The smallest absolute Gasteiger partial charge is 0.143 e. The highest BCUT2D eigenvalue weighted by Crippen LogP contribution is 2.33. The van der Waals surface area contributed by atoms with E-state index >= 15 is 0 Å². The summed E-state index contributed by atoms with van der Waals surface area (Å²) >= 11 is 6.06. The van der Waals surface area contributed by atoms with Gasteiger partial charge in [-0.2, -0.15) is 0 Å². The van der Waals surface area contributed by atoms with Gasteiger partial charge in [-0.3, -0.25) is 0 Å². The average molecular weight is 290 g/mol. The molecule has 1 aromatic heterocycles. The summed E-state index contributed by atoms with van der Waals surface area (Å²) < 4.78 is 15.3. The maximum atomic E-state index is 13.3. The van der Waals surface area contributed by atoms with Gasteiger partial charge in [0.25, 0.3) is 0 Å². The summed E-state index contributed by atoms with van der Waals surface area (Å²) in [5, 5.41) is 0.489. The first-order chi connectivity index (χ1) is 9.61. The van der Waals surface area contributed by atoms with E-state index in [9.17, 15) is 4.39 Å². The van der Waals surface area contributed by atoms with Crippen LogP contribution in [0.2, 0.25) is 5.02 Å². The van der Waals surface area contributed by atoms with Crippen molar-refractivity contribution in [3.05, 3.63) is 47.2 Å². The fourth-order valence-corrected chi connectivity index (χ4v) is 2.54. The maximum Gasteiger partial charge on any atom is 0.143 e. The van der Waals surface area contributed by atoms with Gasteiger partial charge < -0.3 is 10.3 Å². The standard InChI is InChI=1S/C15H13ClFN3/c1-2-20-13-7-6-9(17)8-12(13)19-15(20)10-4-3-5-11(16)14(10)18/h3-8H,2,18H2,1H3. The molecule has 20 heavy (non-hydrogen) atoms. The lowest BCUT2D eigenvalue weighted by Crippen LogP contribution is -2.00. The van der Waals surface area contributed by atoms with Gasteiger partial charge in [-0.05, 0) is 31.2 Å². The molecule has 5 heteroatoms. The van der Waals surface area contributed by atoms with Gasteiger partial charge in [-0.25, -0.2) is 9.37 Å². The van der Waals surface area contributed by atoms with Crippen LogP contribution in [-0.4, -0.2) is 9.55 Å². The van der Waals surface area contributed by atoms with Crippen LogP contribution in [0.25, 0.3) is 22.4 Å². The number of halogens is 2. The van der Waals surface area contributed by atoms with Crippen LogP contribution in [-0.2, 0) is 6.54 Å². The Morgan fingerprint density at radius 3 is 2.85 bits per heavy atom. The van der Waals surface area contributed by atoms with Crippen LogP contribution in [0.5, 0.6) is 0 Å². The quantitative estimate of drug-likeness (QED) is 0.722. The minimum Gasteiger partial charge on any atom is -0.397 e. The molecule has 0 aliphatic rings. The van der Waals surface area contributed by atoms with E-state index in [0.29, 0.717) is 28.6 Å². The lowest BCUT2D eigenvalue weighted by Gasteiger charge is -2.09. The Morgan fingerprint density at radius 1 is 1.30 bits per heavy atom. The van der Waals surface area contributed by atoms with E-state index in [1.807, 2.05) is 23.6 Å². The Kier molecular flexibility index (Phi) is 3.10. The van der Waals surface area contributed by atoms with Gasteiger partial charge in [0.05, 0.1) is 21.7 Å². The van der Waals surface area contributed by atoms with Crippen LogP contribution in [0.15, 0.2) is 36.4 Å². The molecule has 0 aliphatic heterocycles. The molecule has 3 rings (SSSR count). The fraction of sp³-hybridized carbons (Fsp3) is 0.133. The number of nitrogens with two attached hydrogens (primary N) is 1. The van der Waals surface area contributed by atoms with Gasteiger partial charge in [0.1, 0.15) is 11.6 Å². The Bertz CT molecular complexity index is 795. The molecule has 3 aromatic rings. The van der Waals surface area contributed by atoms with Gasteiger partial charge in [0.2, 0.25) is 0 Å². The Labute approximate surface area is 120 Å². The van der Waals surface area contributed by atoms with Gasteiger partial charge in [0, 0.05) is 18.2 Å². The SMILES string of the molecule is CCn1c(-c2cccc(Cl)c2N)nc2cc(F)ccc21. The first kappa shape index (κ1) is 12.9. The second-order valence-electron chi connectivity index (χ2n) is 4.51. The molecule has 0 amide bonds. The Morgan fingerprint density at radius 2 is 2.10 bits per heavy atom. The predicted octanol–water partition coefficient (Wildman–Crippen LogP) is 4.10. The Hall–Kier alpha value is -2.07. The van der Waals surface area contributed by atoms with E-state index in [1.54, 1.807) is 12.1 Å². The number of anilines is 1. The second kappa shape index (κ2) is 4.80. The number of hydrogen-bond acceptors (Lipinski definition) is 2. The summed E-state index contributed by atoms with van der Waals surface area (Å²) in [5.74, 6) is 0.400. The molecule has 2 N–H and O–H groups in total. The number of nitrogens with zero attached hydrogens (tertiary/aromatic N) is 2. The molecule has 0 radical (unpaired) electrons. The summed E-state index contributed by atoms with van der Waals surface area (Å²) in [5.41, 5.74) is 8.77. The minimum atomic E-state index is -0.302. The van der Waals surface area contributed by atoms with E-state index in [4.69, 9.17) is 17.3 Å². The lowest BCUT2D eigenvalue weighted by molar-refractivity contribution is 0.629. The normalized spacial score (nSPS) is 11.2. The van der Waals surface area contributed by atoms with E-state index < -0.39 is 0 Å². The van der Waals surface area contributed by atoms with Crippen molar-refractivity contribution in [1.29, 1.82) is 0 Å². The van der Waals surface area contributed by atoms with Crippen molar-refractivity contribution < 1.29 is 4.39 Å². The number of aryl methyl sites for hydroxylation is 1. The fourth-order valence-electron chi connectivity index (χ4n) is 2.36. The van der Waals surface area contributed by atoms with Crippen LogP contribution in [0.4, 0.5) is 10.1 Å². The molecular formula is C15H13ClFN3. The third-order valence-corrected chi connectivity index (χ3v) is 3.65. The van der Waals surface area contributed by atoms with Crippen LogP contribution >= 0.6 is 11.6 Å². The number of imidazole rings is 1. The molecule has 3 nitrogen and oxygen atoms in total. The predicted molar refractivity (Wildman–Crippen MR) is 80.2 cm³/mol. The number of nitrogen functional groups attached to an aromatic ring is 1. The van der Waals surface area contributed by atoms with E-state index in [1.165, 1.54) is 12.1 Å². The summed E-state index contributed by atoms with van der Waals surface area (Å²) in [6, 6.07) is 10.0. The van der Waals surface area contributed by atoms with E-state index in [-0.39, 0.29) is 5.82 Å². The van der Waals surface area contributed by atoms with Crippen LogP contribution < -0.4 is 5.73 Å². The van der Waals surface area contributed by atoms with Crippen molar-refractivity contribution in [3.63, 3.8) is 0 Å². The number of benzene rings is 2. The number of rotatable bonds is 2. The number of para-hydroxylation sites is 1. The van der Waals surface area contributed by atoms with Crippen LogP contribution in [0.3, 0.4) is 0 Å². The molecule has 0 unspecified atom stereocenters.